The first-order valence-corrected chi connectivity index (χ1v) is 7.00. The summed E-state index contributed by atoms with van der Waals surface area (Å²) in [4.78, 5) is 1.08. The van der Waals surface area contributed by atoms with Crippen molar-refractivity contribution in [2.75, 3.05) is 6.61 Å². The van der Waals surface area contributed by atoms with Crippen LogP contribution in [-0.4, -0.2) is 27.7 Å². The Hall–Kier alpha value is -1.31. The van der Waals surface area contributed by atoms with Crippen LogP contribution in [0.3, 0.4) is 0 Å². The molecule has 5 nitrogen and oxygen atoms in total. The maximum atomic E-state index is 5.61. The van der Waals surface area contributed by atoms with Crippen molar-refractivity contribution >= 4 is 29.8 Å². The fourth-order valence-electron chi connectivity index (χ4n) is 1.88. The standard InChI is InChI=1S/C11H12N4OS2/c17-11-14-13-10(9-4-1-5-16-9)15(11)12-7-8-3-2-6-18-8/h2-3,6-7,9H,1,4-5H2,(H,14,17)/b12-7-/t9-/m0/s1. The van der Waals surface area contributed by atoms with Crippen molar-refractivity contribution in [2.24, 2.45) is 5.10 Å². The highest BCUT2D eigenvalue weighted by Crippen LogP contribution is 2.26. The molecule has 1 saturated heterocycles. The zero-order valence-electron chi connectivity index (χ0n) is 9.57. The predicted octanol–water partition coefficient (Wildman–Crippen LogP) is 2.74. The van der Waals surface area contributed by atoms with Crippen LogP contribution < -0.4 is 0 Å². The minimum absolute atomic E-state index is 0.00145. The van der Waals surface area contributed by atoms with Gasteiger partial charge in [0.2, 0.25) is 4.77 Å². The van der Waals surface area contributed by atoms with E-state index >= 15 is 0 Å². The van der Waals surface area contributed by atoms with Gasteiger partial charge in [-0.1, -0.05) is 6.07 Å². The number of aromatic nitrogens is 3. The Morgan fingerprint density at radius 3 is 3.33 bits per heavy atom. The molecule has 2 aromatic rings. The molecule has 1 fully saturated rings. The molecule has 0 aromatic carbocycles. The zero-order valence-corrected chi connectivity index (χ0v) is 11.2. The zero-order chi connectivity index (χ0) is 12.4. The fraction of sp³-hybridized carbons (Fsp3) is 0.364. The van der Waals surface area contributed by atoms with E-state index in [2.05, 4.69) is 15.3 Å². The summed E-state index contributed by atoms with van der Waals surface area (Å²) in [6.45, 7) is 0.777. The Labute approximate surface area is 113 Å². The largest absolute Gasteiger partial charge is 0.370 e. The lowest BCUT2D eigenvalue weighted by Gasteiger charge is -2.06. The van der Waals surface area contributed by atoms with E-state index < -0.39 is 0 Å². The number of nitrogens with zero attached hydrogens (tertiary/aromatic N) is 3. The summed E-state index contributed by atoms with van der Waals surface area (Å²) >= 11 is 6.81. The van der Waals surface area contributed by atoms with Crippen molar-refractivity contribution in [3.8, 4) is 0 Å². The van der Waals surface area contributed by atoms with E-state index in [-0.39, 0.29) is 6.10 Å². The van der Waals surface area contributed by atoms with Gasteiger partial charge in [0.25, 0.3) is 0 Å². The average Bonchev–Trinajstić information content (AvgIpc) is 3.08. The molecular formula is C11H12N4OS2. The Morgan fingerprint density at radius 2 is 2.61 bits per heavy atom. The van der Waals surface area contributed by atoms with Crippen LogP contribution in [0.25, 0.3) is 0 Å². The number of nitrogens with one attached hydrogen (secondary N) is 1. The average molecular weight is 280 g/mol. The van der Waals surface area contributed by atoms with Crippen molar-refractivity contribution in [2.45, 2.75) is 18.9 Å². The van der Waals surface area contributed by atoms with Gasteiger partial charge in [-0.3, -0.25) is 5.10 Å². The second-order valence-electron chi connectivity index (χ2n) is 3.96. The number of rotatable bonds is 3. The van der Waals surface area contributed by atoms with Gasteiger partial charge in [0.1, 0.15) is 6.10 Å². The van der Waals surface area contributed by atoms with Gasteiger partial charge >= 0.3 is 0 Å². The summed E-state index contributed by atoms with van der Waals surface area (Å²) < 4.78 is 7.75. The Balaban J connectivity index is 1.91. The first-order chi connectivity index (χ1) is 8.84. The molecule has 3 heterocycles. The van der Waals surface area contributed by atoms with E-state index in [1.54, 1.807) is 22.2 Å². The van der Waals surface area contributed by atoms with Crippen LogP contribution in [0.5, 0.6) is 0 Å². The smallest absolute Gasteiger partial charge is 0.216 e. The van der Waals surface area contributed by atoms with Crippen molar-refractivity contribution in [3.63, 3.8) is 0 Å². The number of aromatic amines is 1. The van der Waals surface area contributed by atoms with Crippen LogP contribution in [0.15, 0.2) is 22.6 Å². The molecule has 1 aliphatic heterocycles. The van der Waals surface area contributed by atoms with Gasteiger partial charge in [0.05, 0.1) is 6.21 Å². The molecule has 0 unspecified atom stereocenters. The number of thiophene rings is 1. The highest BCUT2D eigenvalue weighted by atomic mass is 32.1. The molecule has 1 atom stereocenters. The van der Waals surface area contributed by atoms with Crippen LogP contribution in [0.2, 0.25) is 0 Å². The molecule has 7 heteroatoms. The Morgan fingerprint density at radius 1 is 1.67 bits per heavy atom. The van der Waals surface area contributed by atoms with E-state index in [1.165, 1.54) is 0 Å². The van der Waals surface area contributed by atoms with E-state index in [4.69, 9.17) is 17.0 Å². The Bertz CT molecular complexity index is 593. The molecule has 94 valence electrons. The maximum absolute atomic E-state index is 5.61. The van der Waals surface area contributed by atoms with E-state index in [9.17, 15) is 0 Å². The molecule has 2 aromatic heterocycles. The van der Waals surface area contributed by atoms with Gasteiger partial charge in [-0.05, 0) is 36.5 Å². The quantitative estimate of drug-likeness (QED) is 0.695. The number of H-pyrrole nitrogens is 1. The van der Waals surface area contributed by atoms with E-state index in [0.717, 1.165) is 30.2 Å². The lowest BCUT2D eigenvalue weighted by molar-refractivity contribution is 0.102. The van der Waals surface area contributed by atoms with Crippen LogP contribution in [0, 0.1) is 4.77 Å². The van der Waals surface area contributed by atoms with Crippen LogP contribution in [-0.2, 0) is 4.74 Å². The summed E-state index contributed by atoms with van der Waals surface area (Å²) in [5.41, 5.74) is 0. The van der Waals surface area contributed by atoms with E-state index in [0.29, 0.717) is 4.77 Å². The summed E-state index contributed by atoms with van der Waals surface area (Å²) in [6, 6.07) is 3.99. The minimum atomic E-state index is -0.00145. The summed E-state index contributed by atoms with van der Waals surface area (Å²) in [5.74, 6) is 0.755. The third-order valence-corrected chi connectivity index (χ3v) is 3.81. The third kappa shape index (κ3) is 2.29. The van der Waals surface area contributed by atoms with E-state index in [1.807, 2.05) is 17.5 Å². The van der Waals surface area contributed by atoms with Gasteiger partial charge < -0.3 is 4.74 Å². The summed E-state index contributed by atoms with van der Waals surface area (Å²) in [6.07, 6.45) is 3.81. The fourth-order valence-corrected chi connectivity index (χ4v) is 2.65. The topological polar surface area (TPSA) is 55.2 Å². The van der Waals surface area contributed by atoms with Crippen LogP contribution in [0.4, 0.5) is 0 Å². The summed E-state index contributed by atoms with van der Waals surface area (Å²) in [5, 5.41) is 13.4. The molecule has 0 saturated carbocycles. The molecule has 3 rings (SSSR count). The molecule has 0 bridgehead atoms. The molecular weight excluding hydrogens is 268 g/mol. The highest BCUT2D eigenvalue weighted by Gasteiger charge is 2.23. The second kappa shape index (κ2) is 5.13. The molecule has 0 amide bonds. The lowest BCUT2D eigenvalue weighted by atomic mass is 10.2. The SMILES string of the molecule is S=c1[nH]nc([C@@H]2CCCO2)n1/N=C\c1cccs1. The Kier molecular flexibility index (Phi) is 3.35. The molecule has 18 heavy (non-hydrogen) atoms. The van der Waals surface area contributed by atoms with Crippen LogP contribution >= 0.6 is 23.6 Å². The minimum Gasteiger partial charge on any atom is -0.370 e. The first kappa shape index (κ1) is 11.8. The predicted molar refractivity (Wildman–Crippen MR) is 72.6 cm³/mol. The first-order valence-electron chi connectivity index (χ1n) is 5.71. The van der Waals surface area contributed by atoms with Crippen molar-refractivity contribution in [3.05, 3.63) is 33.0 Å². The van der Waals surface area contributed by atoms with Gasteiger partial charge in [0.15, 0.2) is 5.82 Å². The number of hydrogen-bond acceptors (Lipinski definition) is 5. The lowest BCUT2D eigenvalue weighted by Crippen LogP contribution is -2.05. The van der Waals surface area contributed by atoms with Crippen molar-refractivity contribution in [1.82, 2.24) is 14.9 Å². The highest BCUT2D eigenvalue weighted by molar-refractivity contribution is 7.71. The third-order valence-electron chi connectivity index (χ3n) is 2.74. The van der Waals surface area contributed by atoms with Crippen LogP contribution in [0.1, 0.15) is 29.6 Å². The molecule has 1 aliphatic rings. The molecule has 0 radical (unpaired) electrons. The molecule has 1 N–H and O–H groups in total. The van der Waals surface area contributed by atoms with Gasteiger partial charge in [-0.25, -0.2) is 0 Å². The van der Waals surface area contributed by atoms with Crippen molar-refractivity contribution in [1.29, 1.82) is 0 Å². The summed E-state index contributed by atoms with van der Waals surface area (Å²) in [7, 11) is 0. The number of ether oxygens (including phenoxy) is 1. The van der Waals surface area contributed by atoms with Gasteiger partial charge in [-0.15, -0.1) is 11.3 Å². The maximum Gasteiger partial charge on any atom is 0.216 e. The molecule has 0 spiro atoms. The number of hydrogen-bond donors (Lipinski definition) is 1. The second-order valence-corrected chi connectivity index (χ2v) is 5.33. The normalized spacial score (nSPS) is 19.9. The molecule has 0 aliphatic carbocycles. The van der Waals surface area contributed by atoms with Gasteiger partial charge in [0, 0.05) is 11.5 Å². The monoisotopic (exact) mass is 280 g/mol. The van der Waals surface area contributed by atoms with Crippen molar-refractivity contribution < 1.29 is 4.74 Å². The van der Waals surface area contributed by atoms with Gasteiger partial charge in [-0.2, -0.15) is 14.9 Å².